The second kappa shape index (κ2) is 12.0. The molecule has 0 bridgehead atoms. The van der Waals surface area contributed by atoms with Crippen molar-refractivity contribution in [3.8, 4) is 5.75 Å². The van der Waals surface area contributed by atoms with E-state index in [1.54, 1.807) is 6.07 Å². The summed E-state index contributed by atoms with van der Waals surface area (Å²) in [5.74, 6) is 1.16. The van der Waals surface area contributed by atoms with Crippen molar-refractivity contribution in [1.29, 1.82) is 0 Å². The highest BCUT2D eigenvalue weighted by atomic mass is 32.2. The molecule has 0 aromatic heterocycles. The fourth-order valence-electron chi connectivity index (χ4n) is 4.51. The van der Waals surface area contributed by atoms with Crippen molar-refractivity contribution in [3.05, 3.63) is 114 Å². The van der Waals surface area contributed by atoms with Gasteiger partial charge in [0.25, 0.3) is 10.1 Å². The van der Waals surface area contributed by atoms with Gasteiger partial charge in [-0.25, -0.2) is 0 Å². The zero-order valence-corrected chi connectivity index (χ0v) is 23.1. The fraction of sp³-hybridized carbons (Fsp3) is 0.226. The SMILES string of the molecule is CCC(C)c1ccccc1P(c1ccccc1C(C)COc1ccccc1)c1ccccc1S(=O)(=O)O. The first-order chi connectivity index (χ1) is 17.8. The van der Waals surface area contributed by atoms with Crippen LogP contribution in [0.1, 0.15) is 50.2 Å². The van der Waals surface area contributed by atoms with E-state index >= 15 is 0 Å². The predicted octanol–water partition coefficient (Wildman–Crippen LogP) is 6.39. The van der Waals surface area contributed by atoms with Gasteiger partial charge in [0.15, 0.2) is 0 Å². The van der Waals surface area contributed by atoms with Crippen LogP contribution in [-0.2, 0) is 10.1 Å². The predicted molar refractivity (Wildman–Crippen MR) is 154 cm³/mol. The highest BCUT2D eigenvalue weighted by Gasteiger charge is 2.29. The van der Waals surface area contributed by atoms with E-state index in [9.17, 15) is 13.0 Å². The molecule has 3 atom stereocenters. The molecular weight excluding hydrogens is 499 g/mol. The summed E-state index contributed by atoms with van der Waals surface area (Å²) in [5.41, 5.74) is 2.30. The number of para-hydroxylation sites is 1. The maximum Gasteiger partial charge on any atom is 0.295 e. The van der Waals surface area contributed by atoms with Gasteiger partial charge in [-0.05, 0) is 60.2 Å². The molecule has 4 aromatic rings. The minimum absolute atomic E-state index is 0.0388. The fourth-order valence-corrected chi connectivity index (χ4v) is 8.60. The molecule has 0 radical (unpaired) electrons. The average Bonchev–Trinajstić information content (AvgIpc) is 2.92. The standard InChI is InChI=1S/C31H33O4PS/c1-4-23(2)26-16-8-10-18-28(26)36(30-20-12-13-21-31(30)37(32,33)34)29-19-11-9-17-27(29)24(3)22-35-25-14-6-5-7-15-25/h5-21,23-24H,4,22H2,1-3H3,(H,32,33,34). The molecule has 192 valence electrons. The largest absolute Gasteiger partial charge is 0.493 e. The third-order valence-corrected chi connectivity index (χ3v) is 10.4. The molecule has 0 aliphatic heterocycles. The molecule has 0 spiro atoms. The minimum Gasteiger partial charge on any atom is -0.493 e. The molecule has 0 fully saturated rings. The Morgan fingerprint density at radius 3 is 1.76 bits per heavy atom. The molecule has 0 aliphatic carbocycles. The third kappa shape index (κ3) is 6.30. The Balaban J connectivity index is 1.89. The quantitative estimate of drug-likeness (QED) is 0.190. The molecule has 6 heteroatoms. The number of benzene rings is 4. The Morgan fingerprint density at radius 2 is 1.19 bits per heavy atom. The van der Waals surface area contributed by atoms with Gasteiger partial charge in [0, 0.05) is 11.2 Å². The summed E-state index contributed by atoms with van der Waals surface area (Å²) < 4.78 is 41.3. The van der Waals surface area contributed by atoms with E-state index in [0.717, 1.165) is 28.3 Å². The summed E-state index contributed by atoms with van der Waals surface area (Å²) in [7, 11) is -5.72. The van der Waals surface area contributed by atoms with E-state index in [2.05, 4.69) is 45.0 Å². The van der Waals surface area contributed by atoms with Crippen LogP contribution in [0.5, 0.6) is 5.75 Å². The van der Waals surface area contributed by atoms with E-state index in [1.807, 2.05) is 66.7 Å². The molecule has 4 nitrogen and oxygen atoms in total. The van der Waals surface area contributed by atoms with Gasteiger partial charge in [-0.1, -0.05) is 106 Å². The van der Waals surface area contributed by atoms with E-state index in [4.69, 9.17) is 4.74 Å². The van der Waals surface area contributed by atoms with Crippen LogP contribution in [0.3, 0.4) is 0 Å². The summed E-state index contributed by atoms with van der Waals surface area (Å²) in [5, 5.41) is 2.79. The van der Waals surface area contributed by atoms with Gasteiger partial charge in [0.05, 0.1) is 6.61 Å². The highest BCUT2D eigenvalue weighted by molar-refractivity contribution is 7.88. The van der Waals surface area contributed by atoms with E-state index in [-0.39, 0.29) is 10.8 Å². The second-order valence-corrected chi connectivity index (χ2v) is 12.7. The first-order valence-corrected chi connectivity index (χ1v) is 15.3. The van der Waals surface area contributed by atoms with Crippen LogP contribution in [0.15, 0.2) is 108 Å². The van der Waals surface area contributed by atoms with Gasteiger partial charge in [-0.15, -0.1) is 0 Å². The summed E-state index contributed by atoms with van der Waals surface area (Å²) in [6.45, 7) is 6.97. The summed E-state index contributed by atoms with van der Waals surface area (Å²) >= 11 is 0. The molecule has 4 rings (SSSR count). The van der Waals surface area contributed by atoms with Crippen molar-refractivity contribution in [2.45, 2.75) is 43.9 Å². The van der Waals surface area contributed by atoms with E-state index < -0.39 is 18.0 Å². The van der Waals surface area contributed by atoms with Crippen LogP contribution in [0.4, 0.5) is 0 Å². The topological polar surface area (TPSA) is 63.6 Å². The maximum absolute atomic E-state index is 12.5. The lowest BCUT2D eigenvalue weighted by Gasteiger charge is -2.28. The number of hydrogen-bond donors (Lipinski definition) is 1. The van der Waals surface area contributed by atoms with Crippen LogP contribution >= 0.6 is 7.92 Å². The Bertz CT molecular complexity index is 1440. The van der Waals surface area contributed by atoms with Crippen molar-refractivity contribution in [2.75, 3.05) is 6.61 Å². The lowest BCUT2D eigenvalue weighted by Crippen LogP contribution is -2.30. The molecule has 3 unspecified atom stereocenters. The van der Waals surface area contributed by atoms with Gasteiger partial charge in [-0.3, -0.25) is 4.55 Å². The van der Waals surface area contributed by atoms with Crippen LogP contribution in [0.2, 0.25) is 0 Å². The molecular formula is C31H33O4PS. The number of rotatable bonds is 10. The van der Waals surface area contributed by atoms with Crippen molar-refractivity contribution in [3.63, 3.8) is 0 Å². The van der Waals surface area contributed by atoms with Crippen LogP contribution in [0.25, 0.3) is 0 Å². The van der Waals surface area contributed by atoms with Crippen molar-refractivity contribution >= 4 is 34.0 Å². The number of ether oxygens (including phenoxy) is 1. The lowest BCUT2D eigenvalue weighted by molar-refractivity contribution is 0.296. The smallest absolute Gasteiger partial charge is 0.295 e. The van der Waals surface area contributed by atoms with E-state index in [0.29, 0.717) is 17.8 Å². The molecule has 0 heterocycles. The molecule has 4 aromatic carbocycles. The Morgan fingerprint density at radius 1 is 0.703 bits per heavy atom. The van der Waals surface area contributed by atoms with E-state index in [1.165, 1.54) is 11.6 Å². The summed E-state index contributed by atoms with van der Waals surface area (Å²) in [4.78, 5) is -0.0388. The first-order valence-electron chi connectivity index (χ1n) is 12.5. The van der Waals surface area contributed by atoms with Gasteiger partial charge in [0.1, 0.15) is 10.6 Å². The van der Waals surface area contributed by atoms with Crippen molar-refractivity contribution in [1.82, 2.24) is 0 Å². The zero-order chi connectivity index (χ0) is 26.4. The molecule has 0 saturated carbocycles. The average molecular weight is 533 g/mol. The summed E-state index contributed by atoms with van der Waals surface area (Å²) in [6.07, 6.45) is 0.961. The monoisotopic (exact) mass is 532 g/mol. The molecule has 0 amide bonds. The third-order valence-electron chi connectivity index (χ3n) is 6.66. The Labute approximate surface area is 221 Å². The lowest BCUT2D eigenvalue weighted by atomic mass is 9.99. The Kier molecular flexibility index (Phi) is 8.81. The first kappa shape index (κ1) is 27.1. The van der Waals surface area contributed by atoms with Crippen LogP contribution in [0, 0.1) is 0 Å². The zero-order valence-electron chi connectivity index (χ0n) is 21.4. The number of hydrogen-bond acceptors (Lipinski definition) is 3. The van der Waals surface area contributed by atoms with Crippen LogP contribution in [-0.4, -0.2) is 19.6 Å². The van der Waals surface area contributed by atoms with Gasteiger partial charge >= 0.3 is 0 Å². The Hall–Kier alpha value is -2.98. The van der Waals surface area contributed by atoms with Gasteiger partial charge < -0.3 is 4.74 Å². The molecule has 1 N–H and O–H groups in total. The summed E-state index contributed by atoms with van der Waals surface area (Å²) in [6, 6.07) is 33.1. The maximum atomic E-state index is 12.5. The van der Waals surface area contributed by atoms with Gasteiger partial charge in [-0.2, -0.15) is 8.42 Å². The second-order valence-electron chi connectivity index (χ2n) is 9.23. The molecule has 37 heavy (non-hydrogen) atoms. The molecule has 0 aliphatic rings. The van der Waals surface area contributed by atoms with Crippen molar-refractivity contribution in [2.24, 2.45) is 0 Å². The normalized spacial score (nSPS) is 14.1. The highest BCUT2D eigenvalue weighted by Crippen LogP contribution is 2.40. The van der Waals surface area contributed by atoms with Gasteiger partial charge in [0.2, 0.25) is 0 Å². The van der Waals surface area contributed by atoms with Crippen molar-refractivity contribution < 1.29 is 17.7 Å². The molecule has 0 saturated heterocycles. The van der Waals surface area contributed by atoms with Crippen LogP contribution < -0.4 is 20.7 Å². The minimum atomic E-state index is -4.42.